The van der Waals surface area contributed by atoms with Gasteiger partial charge in [-0.25, -0.2) is 0 Å². The van der Waals surface area contributed by atoms with Gasteiger partial charge in [0.2, 0.25) is 0 Å². The minimum atomic E-state index is -1.03. The van der Waals surface area contributed by atoms with Gasteiger partial charge in [-0.1, -0.05) is 59.7 Å². The van der Waals surface area contributed by atoms with Crippen molar-refractivity contribution in [3.8, 4) is 0 Å². The van der Waals surface area contributed by atoms with E-state index in [4.69, 9.17) is 0 Å². The van der Waals surface area contributed by atoms with E-state index in [2.05, 4.69) is 0 Å². The van der Waals surface area contributed by atoms with E-state index < -0.39 is 5.60 Å². The Kier molecular flexibility index (Phi) is 3.88. The molecule has 0 unspecified atom stereocenters. The standard InChI is InChI=1S/C20H22O2/c1-14-5-9-16(10-6-14)19(21)18-4-3-13-20(18,22)17-11-7-15(2)8-12-17/h5-12,18,22H,3-4,13H2,1-2H3/t18-,20+/m1/s1. The number of carbonyl (C=O) groups is 1. The predicted molar refractivity (Wildman–Crippen MR) is 87.9 cm³/mol. The van der Waals surface area contributed by atoms with Crippen LogP contribution in [0, 0.1) is 19.8 Å². The zero-order chi connectivity index (χ0) is 15.7. The fourth-order valence-corrected chi connectivity index (χ4v) is 3.44. The molecule has 2 aromatic rings. The highest BCUT2D eigenvalue weighted by Crippen LogP contribution is 2.45. The summed E-state index contributed by atoms with van der Waals surface area (Å²) in [5, 5.41) is 11.2. The van der Waals surface area contributed by atoms with Crippen molar-refractivity contribution < 1.29 is 9.90 Å². The normalized spacial score (nSPS) is 24.4. The van der Waals surface area contributed by atoms with Crippen molar-refractivity contribution in [1.29, 1.82) is 0 Å². The second-order valence-electron chi connectivity index (χ2n) is 6.47. The topological polar surface area (TPSA) is 37.3 Å². The molecule has 114 valence electrons. The second-order valence-corrected chi connectivity index (χ2v) is 6.47. The third kappa shape index (κ3) is 2.59. The van der Waals surface area contributed by atoms with Crippen molar-refractivity contribution in [2.45, 2.75) is 38.7 Å². The summed E-state index contributed by atoms with van der Waals surface area (Å²) in [5.74, 6) is -0.293. The maximum absolute atomic E-state index is 12.9. The largest absolute Gasteiger partial charge is 0.384 e. The van der Waals surface area contributed by atoms with Crippen LogP contribution in [0.1, 0.15) is 46.3 Å². The highest BCUT2D eigenvalue weighted by Gasteiger charge is 2.46. The molecule has 1 aliphatic carbocycles. The van der Waals surface area contributed by atoms with Gasteiger partial charge in [0.15, 0.2) is 5.78 Å². The molecule has 0 spiro atoms. The van der Waals surface area contributed by atoms with Gasteiger partial charge < -0.3 is 5.11 Å². The summed E-state index contributed by atoms with van der Waals surface area (Å²) < 4.78 is 0. The lowest BCUT2D eigenvalue weighted by atomic mass is 9.79. The van der Waals surface area contributed by atoms with Crippen LogP contribution >= 0.6 is 0 Å². The highest BCUT2D eigenvalue weighted by atomic mass is 16.3. The van der Waals surface area contributed by atoms with Gasteiger partial charge >= 0.3 is 0 Å². The Labute approximate surface area is 131 Å². The molecule has 0 saturated heterocycles. The van der Waals surface area contributed by atoms with Crippen LogP contribution in [0.15, 0.2) is 48.5 Å². The van der Waals surface area contributed by atoms with Crippen molar-refractivity contribution in [3.05, 3.63) is 70.8 Å². The Morgan fingerprint density at radius 2 is 1.55 bits per heavy atom. The van der Waals surface area contributed by atoms with E-state index in [1.807, 2.05) is 62.4 Å². The quantitative estimate of drug-likeness (QED) is 0.862. The molecular formula is C20H22O2. The summed E-state index contributed by atoms with van der Waals surface area (Å²) in [6, 6.07) is 15.5. The molecule has 2 heteroatoms. The molecule has 2 atom stereocenters. The first kappa shape index (κ1) is 15.0. The van der Waals surface area contributed by atoms with Crippen LogP contribution in [0.2, 0.25) is 0 Å². The number of hydrogen-bond donors (Lipinski definition) is 1. The van der Waals surface area contributed by atoms with Gasteiger partial charge in [-0.15, -0.1) is 0 Å². The molecule has 1 aliphatic rings. The van der Waals surface area contributed by atoms with Crippen LogP contribution in [0.25, 0.3) is 0 Å². The van der Waals surface area contributed by atoms with Gasteiger partial charge in [0, 0.05) is 5.56 Å². The number of benzene rings is 2. The number of carbonyl (C=O) groups excluding carboxylic acids is 1. The van der Waals surface area contributed by atoms with Crippen molar-refractivity contribution in [3.63, 3.8) is 0 Å². The average Bonchev–Trinajstić information content (AvgIpc) is 2.91. The Bertz CT molecular complexity index is 670. The fraction of sp³-hybridized carbons (Fsp3) is 0.350. The lowest BCUT2D eigenvalue weighted by molar-refractivity contribution is 0.00311. The van der Waals surface area contributed by atoms with Crippen LogP contribution in [0.3, 0.4) is 0 Å². The monoisotopic (exact) mass is 294 g/mol. The van der Waals surface area contributed by atoms with Crippen molar-refractivity contribution in [1.82, 2.24) is 0 Å². The smallest absolute Gasteiger partial charge is 0.169 e. The lowest BCUT2D eigenvalue weighted by Gasteiger charge is -2.30. The van der Waals surface area contributed by atoms with Gasteiger partial charge in [0.25, 0.3) is 0 Å². The SMILES string of the molecule is Cc1ccc(C(=O)[C@H]2CCC[C@]2(O)c2ccc(C)cc2)cc1. The van der Waals surface area contributed by atoms with E-state index >= 15 is 0 Å². The summed E-state index contributed by atoms with van der Waals surface area (Å²) in [7, 11) is 0. The van der Waals surface area contributed by atoms with Crippen LogP contribution in [0.5, 0.6) is 0 Å². The molecule has 0 bridgehead atoms. The first-order valence-corrected chi connectivity index (χ1v) is 7.91. The number of aliphatic hydroxyl groups is 1. The Morgan fingerprint density at radius 3 is 2.14 bits per heavy atom. The number of rotatable bonds is 3. The third-order valence-electron chi connectivity index (χ3n) is 4.83. The number of aryl methyl sites for hydroxylation is 2. The fourth-order valence-electron chi connectivity index (χ4n) is 3.44. The molecule has 0 aromatic heterocycles. The predicted octanol–water partition coefficient (Wildman–Crippen LogP) is 4.17. The third-order valence-corrected chi connectivity index (χ3v) is 4.83. The number of Topliss-reactive ketones (excluding diaryl/α,β-unsaturated/α-hetero) is 1. The molecule has 22 heavy (non-hydrogen) atoms. The number of hydrogen-bond acceptors (Lipinski definition) is 2. The minimum Gasteiger partial charge on any atom is -0.384 e. The van der Waals surface area contributed by atoms with E-state index in [9.17, 15) is 9.90 Å². The van der Waals surface area contributed by atoms with Crippen LogP contribution < -0.4 is 0 Å². The zero-order valence-electron chi connectivity index (χ0n) is 13.2. The summed E-state index contributed by atoms with van der Waals surface area (Å²) in [5.41, 5.74) is 2.82. The molecule has 2 nitrogen and oxygen atoms in total. The van der Waals surface area contributed by atoms with Crippen molar-refractivity contribution >= 4 is 5.78 Å². The summed E-state index contributed by atoms with van der Waals surface area (Å²) in [6.45, 7) is 4.03. The van der Waals surface area contributed by atoms with Crippen molar-refractivity contribution in [2.75, 3.05) is 0 Å². The molecule has 0 amide bonds. The van der Waals surface area contributed by atoms with E-state index in [0.29, 0.717) is 12.0 Å². The first-order chi connectivity index (χ1) is 10.5. The van der Waals surface area contributed by atoms with Gasteiger partial charge in [-0.3, -0.25) is 4.79 Å². The van der Waals surface area contributed by atoms with Crippen molar-refractivity contribution in [2.24, 2.45) is 5.92 Å². The summed E-state index contributed by atoms with van der Waals surface area (Å²) in [6.07, 6.45) is 2.28. The Morgan fingerprint density at radius 1 is 1.00 bits per heavy atom. The highest BCUT2D eigenvalue weighted by molar-refractivity contribution is 5.99. The van der Waals surface area contributed by atoms with Gasteiger partial charge in [-0.2, -0.15) is 0 Å². The van der Waals surface area contributed by atoms with Crippen LogP contribution in [-0.4, -0.2) is 10.9 Å². The lowest BCUT2D eigenvalue weighted by Crippen LogP contribution is -2.35. The molecular weight excluding hydrogens is 272 g/mol. The molecule has 1 N–H and O–H groups in total. The molecule has 2 aromatic carbocycles. The molecule has 1 saturated carbocycles. The molecule has 0 radical (unpaired) electrons. The van der Waals surface area contributed by atoms with E-state index in [0.717, 1.165) is 29.5 Å². The second kappa shape index (κ2) is 5.69. The molecule has 3 rings (SSSR count). The summed E-state index contributed by atoms with van der Waals surface area (Å²) in [4.78, 5) is 12.9. The van der Waals surface area contributed by atoms with E-state index in [-0.39, 0.29) is 11.7 Å². The Hall–Kier alpha value is -1.93. The molecule has 0 aliphatic heterocycles. The molecule has 0 heterocycles. The summed E-state index contributed by atoms with van der Waals surface area (Å²) >= 11 is 0. The van der Waals surface area contributed by atoms with Gasteiger partial charge in [0.05, 0.1) is 11.5 Å². The number of ketones is 1. The Balaban J connectivity index is 1.93. The van der Waals surface area contributed by atoms with Gasteiger partial charge in [0.1, 0.15) is 0 Å². The molecule has 1 fully saturated rings. The average molecular weight is 294 g/mol. The van der Waals surface area contributed by atoms with Crippen LogP contribution in [-0.2, 0) is 5.60 Å². The van der Waals surface area contributed by atoms with Gasteiger partial charge in [-0.05, 0) is 38.7 Å². The van der Waals surface area contributed by atoms with E-state index in [1.165, 1.54) is 0 Å². The van der Waals surface area contributed by atoms with Crippen LogP contribution in [0.4, 0.5) is 0 Å². The van der Waals surface area contributed by atoms with E-state index in [1.54, 1.807) is 0 Å². The zero-order valence-corrected chi connectivity index (χ0v) is 13.2. The first-order valence-electron chi connectivity index (χ1n) is 7.91. The maximum atomic E-state index is 12.9. The maximum Gasteiger partial charge on any atom is 0.169 e. The minimum absolute atomic E-state index is 0.0561.